The zero-order chi connectivity index (χ0) is 12.6. The summed E-state index contributed by atoms with van der Waals surface area (Å²) in [5.41, 5.74) is 1.18. The van der Waals surface area contributed by atoms with Crippen molar-refractivity contribution in [3.05, 3.63) is 35.4 Å². The fraction of sp³-hybridized carbons (Fsp3) is 0.333. The second-order valence-corrected chi connectivity index (χ2v) is 3.26. The molecule has 0 aliphatic carbocycles. The minimum atomic E-state index is -0.863. The zero-order valence-electron chi connectivity index (χ0n) is 9.43. The van der Waals surface area contributed by atoms with E-state index in [2.05, 4.69) is 0 Å². The lowest BCUT2D eigenvalue weighted by Gasteiger charge is -1.96. The van der Waals surface area contributed by atoms with Crippen LogP contribution in [0.15, 0.2) is 24.3 Å². The van der Waals surface area contributed by atoms with Crippen molar-refractivity contribution in [2.24, 2.45) is 0 Å². The Hall–Kier alpha value is -1.84. The monoisotopic (exact) mass is 224 g/mol. The summed E-state index contributed by atoms with van der Waals surface area (Å²) in [5, 5.41) is 16.5. The molecule has 0 aliphatic heterocycles. The molecular formula is C12H16O4. The number of aryl methyl sites for hydroxylation is 1. The molecular weight excluding hydrogens is 208 g/mol. The van der Waals surface area contributed by atoms with E-state index in [1.54, 1.807) is 25.1 Å². The molecule has 0 heterocycles. The highest BCUT2D eigenvalue weighted by Crippen LogP contribution is 2.05. The Morgan fingerprint density at radius 1 is 1.19 bits per heavy atom. The SMILES string of the molecule is CCCC(=O)O.Cc1ccccc1C(=O)O. The van der Waals surface area contributed by atoms with E-state index in [1.165, 1.54) is 0 Å². The van der Waals surface area contributed by atoms with Gasteiger partial charge in [-0.15, -0.1) is 0 Å². The fourth-order valence-corrected chi connectivity index (χ4v) is 1.03. The molecule has 16 heavy (non-hydrogen) atoms. The highest BCUT2D eigenvalue weighted by atomic mass is 16.4. The molecule has 0 atom stereocenters. The van der Waals surface area contributed by atoms with Crippen LogP contribution in [0.5, 0.6) is 0 Å². The molecule has 0 amide bonds. The minimum absolute atomic E-state index is 0.292. The summed E-state index contributed by atoms with van der Waals surface area (Å²) in [5.74, 6) is -1.57. The molecule has 0 fully saturated rings. The number of hydrogen-bond acceptors (Lipinski definition) is 2. The van der Waals surface area contributed by atoms with E-state index in [9.17, 15) is 9.59 Å². The molecule has 1 aromatic carbocycles. The maximum atomic E-state index is 10.4. The molecule has 0 bridgehead atoms. The third-order valence-electron chi connectivity index (χ3n) is 1.84. The maximum Gasteiger partial charge on any atom is 0.335 e. The first-order chi connectivity index (χ1) is 7.49. The second-order valence-electron chi connectivity index (χ2n) is 3.26. The van der Waals surface area contributed by atoms with Crippen molar-refractivity contribution in [3.63, 3.8) is 0 Å². The van der Waals surface area contributed by atoms with Crippen LogP contribution in [-0.4, -0.2) is 22.2 Å². The van der Waals surface area contributed by atoms with Gasteiger partial charge in [0, 0.05) is 6.42 Å². The van der Waals surface area contributed by atoms with Crippen LogP contribution in [0.25, 0.3) is 0 Å². The summed E-state index contributed by atoms with van der Waals surface area (Å²) in [6, 6.07) is 6.92. The van der Waals surface area contributed by atoms with E-state index >= 15 is 0 Å². The third kappa shape index (κ3) is 5.80. The van der Waals surface area contributed by atoms with Gasteiger partial charge in [0.05, 0.1) is 5.56 Å². The molecule has 1 aromatic rings. The summed E-state index contributed by atoms with van der Waals surface area (Å²) in [6.45, 7) is 3.62. The van der Waals surface area contributed by atoms with Crippen molar-refractivity contribution < 1.29 is 19.8 Å². The van der Waals surface area contributed by atoms with Crippen LogP contribution >= 0.6 is 0 Å². The van der Waals surface area contributed by atoms with Gasteiger partial charge in [0.2, 0.25) is 0 Å². The van der Waals surface area contributed by atoms with Gasteiger partial charge in [0.25, 0.3) is 0 Å². The van der Waals surface area contributed by atoms with Crippen molar-refractivity contribution in [2.45, 2.75) is 26.7 Å². The molecule has 0 unspecified atom stereocenters. The summed E-state index contributed by atoms with van der Waals surface area (Å²) >= 11 is 0. The van der Waals surface area contributed by atoms with Gasteiger partial charge >= 0.3 is 11.9 Å². The zero-order valence-corrected chi connectivity index (χ0v) is 9.43. The van der Waals surface area contributed by atoms with Gasteiger partial charge in [-0.3, -0.25) is 4.79 Å². The predicted octanol–water partition coefficient (Wildman–Crippen LogP) is 2.56. The van der Waals surface area contributed by atoms with Crippen LogP contribution in [0.4, 0.5) is 0 Å². The Morgan fingerprint density at radius 3 is 2.00 bits per heavy atom. The topological polar surface area (TPSA) is 74.6 Å². The van der Waals surface area contributed by atoms with E-state index in [0.717, 1.165) is 12.0 Å². The Balaban J connectivity index is 0.000000325. The molecule has 0 aromatic heterocycles. The van der Waals surface area contributed by atoms with Gasteiger partial charge in [-0.25, -0.2) is 4.79 Å². The highest BCUT2D eigenvalue weighted by Gasteiger charge is 2.02. The van der Waals surface area contributed by atoms with Crippen molar-refractivity contribution >= 4 is 11.9 Å². The molecule has 4 heteroatoms. The molecule has 0 saturated carbocycles. The second kappa shape index (κ2) is 7.45. The molecule has 88 valence electrons. The molecule has 1 rings (SSSR count). The molecule has 4 nitrogen and oxygen atoms in total. The van der Waals surface area contributed by atoms with Crippen LogP contribution in [0.1, 0.15) is 35.7 Å². The molecule has 0 radical (unpaired) electrons. The van der Waals surface area contributed by atoms with Gasteiger partial charge in [-0.05, 0) is 25.0 Å². The Kier molecular flexibility index (Phi) is 6.59. The third-order valence-corrected chi connectivity index (χ3v) is 1.84. The van der Waals surface area contributed by atoms with Crippen molar-refractivity contribution in [1.29, 1.82) is 0 Å². The smallest absolute Gasteiger partial charge is 0.335 e. The van der Waals surface area contributed by atoms with E-state index < -0.39 is 11.9 Å². The first-order valence-electron chi connectivity index (χ1n) is 4.99. The summed E-state index contributed by atoms with van der Waals surface area (Å²) in [7, 11) is 0. The van der Waals surface area contributed by atoms with Crippen molar-refractivity contribution in [1.82, 2.24) is 0 Å². The van der Waals surface area contributed by atoms with Crippen LogP contribution in [0, 0.1) is 6.92 Å². The lowest BCUT2D eigenvalue weighted by atomic mass is 10.1. The first-order valence-corrected chi connectivity index (χ1v) is 4.99. The summed E-state index contributed by atoms with van der Waals surface area (Å²) < 4.78 is 0. The van der Waals surface area contributed by atoms with Crippen LogP contribution < -0.4 is 0 Å². The number of carboxylic acid groups (broad SMARTS) is 2. The summed E-state index contributed by atoms with van der Waals surface area (Å²) in [4.78, 5) is 20.0. The number of hydrogen-bond donors (Lipinski definition) is 2. The average Bonchev–Trinajstić information content (AvgIpc) is 2.18. The maximum absolute atomic E-state index is 10.4. The first kappa shape index (κ1) is 14.2. The normalized spacial score (nSPS) is 8.88. The van der Waals surface area contributed by atoms with Crippen LogP contribution in [0.2, 0.25) is 0 Å². The van der Waals surface area contributed by atoms with E-state index in [0.29, 0.717) is 12.0 Å². The van der Waals surface area contributed by atoms with Gasteiger partial charge < -0.3 is 10.2 Å². The van der Waals surface area contributed by atoms with Gasteiger partial charge in [-0.1, -0.05) is 25.1 Å². The minimum Gasteiger partial charge on any atom is -0.481 e. The molecule has 2 N–H and O–H groups in total. The van der Waals surface area contributed by atoms with E-state index in [-0.39, 0.29) is 0 Å². The lowest BCUT2D eigenvalue weighted by Crippen LogP contribution is -1.97. The van der Waals surface area contributed by atoms with Gasteiger partial charge in [0.15, 0.2) is 0 Å². The quantitative estimate of drug-likeness (QED) is 0.827. The average molecular weight is 224 g/mol. The molecule has 0 aliphatic rings. The van der Waals surface area contributed by atoms with Crippen molar-refractivity contribution in [2.75, 3.05) is 0 Å². The Labute approximate surface area is 94.5 Å². The predicted molar refractivity (Wildman–Crippen MR) is 60.7 cm³/mol. The van der Waals surface area contributed by atoms with E-state index in [4.69, 9.17) is 10.2 Å². The number of aliphatic carboxylic acids is 1. The van der Waals surface area contributed by atoms with Crippen molar-refractivity contribution in [3.8, 4) is 0 Å². The number of rotatable bonds is 3. The Bertz CT molecular complexity index is 358. The highest BCUT2D eigenvalue weighted by molar-refractivity contribution is 5.89. The number of carboxylic acids is 2. The van der Waals surface area contributed by atoms with Crippen LogP contribution in [-0.2, 0) is 4.79 Å². The molecule has 0 saturated heterocycles. The van der Waals surface area contributed by atoms with Crippen LogP contribution in [0.3, 0.4) is 0 Å². The molecule has 0 spiro atoms. The fourth-order valence-electron chi connectivity index (χ4n) is 1.03. The largest absolute Gasteiger partial charge is 0.481 e. The Morgan fingerprint density at radius 2 is 1.75 bits per heavy atom. The van der Waals surface area contributed by atoms with E-state index in [1.807, 2.05) is 13.0 Å². The number of aromatic carboxylic acids is 1. The summed E-state index contributed by atoms with van der Waals surface area (Å²) in [6.07, 6.45) is 1.02. The standard InChI is InChI=1S/C8H8O2.C4H8O2/c1-6-4-2-3-5-7(6)8(9)10;1-2-3-4(5)6/h2-5H,1H3,(H,9,10);2-3H2,1H3,(H,5,6). The van der Waals surface area contributed by atoms with Gasteiger partial charge in [0.1, 0.15) is 0 Å². The lowest BCUT2D eigenvalue weighted by molar-refractivity contribution is -0.137. The number of carbonyl (C=O) groups is 2. The van der Waals surface area contributed by atoms with Gasteiger partial charge in [-0.2, -0.15) is 0 Å². The number of benzene rings is 1.